The van der Waals surface area contributed by atoms with Gasteiger partial charge in [-0.2, -0.15) is 0 Å². The number of aryl methyl sites for hydroxylation is 3. The van der Waals surface area contributed by atoms with E-state index in [0.717, 1.165) is 34.6 Å². The molecule has 0 fully saturated rings. The van der Waals surface area contributed by atoms with Crippen LogP contribution in [0, 0.1) is 20.8 Å². The Hall–Kier alpha value is -2.49. The molecule has 1 heterocycles. The van der Waals surface area contributed by atoms with Crippen LogP contribution in [0.4, 0.5) is 0 Å². The number of ether oxygens (including phenoxy) is 2. The summed E-state index contributed by atoms with van der Waals surface area (Å²) in [5, 5.41) is 3.11. The zero-order chi connectivity index (χ0) is 18.9. The van der Waals surface area contributed by atoms with E-state index in [-0.39, 0.29) is 24.2 Å². The van der Waals surface area contributed by atoms with Gasteiger partial charge < -0.3 is 14.8 Å². The molecule has 4 nitrogen and oxygen atoms in total. The molecule has 0 saturated carbocycles. The third kappa shape index (κ3) is 4.18. The number of carbonyl (C=O) groups is 1. The van der Waals surface area contributed by atoms with Crippen LogP contribution < -0.4 is 14.8 Å². The predicted octanol–water partition coefficient (Wildman–Crippen LogP) is 4.41. The topological polar surface area (TPSA) is 47.6 Å². The van der Waals surface area contributed by atoms with Crippen LogP contribution in [0.5, 0.6) is 11.5 Å². The molecule has 138 valence electrons. The maximum Gasteiger partial charge on any atom is 0.258 e. The predicted molar refractivity (Wildman–Crippen MR) is 103 cm³/mol. The van der Waals surface area contributed by atoms with E-state index in [4.69, 9.17) is 9.47 Å². The number of benzene rings is 2. The first-order chi connectivity index (χ1) is 12.2. The average molecular weight is 353 g/mol. The molecule has 0 spiro atoms. The Morgan fingerprint density at radius 3 is 2.58 bits per heavy atom. The summed E-state index contributed by atoms with van der Waals surface area (Å²) in [5.74, 6) is 1.47. The van der Waals surface area contributed by atoms with Gasteiger partial charge in [-0.15, -0.1) is 0 Å². The van der Waals surface area contributed by atoms with Crippen LogP contribution in [0.15, 0.2) is 36.4 Å². The van der Waals surface area contributed by atoms with Crippen molar-refractivity contribution in [2.45, 2.75) is 52.7 Å². The lowest BCUT2D eigenvalue weighted by Gasteiger charge is -2.38. The number of rotatable bonds is 4. The van der Waals surface area contributed by atoms with Gasteiger partial charge in [-0.25, -0.2) is 0 Å². The first-order valence-electron chi connectivity index (χ1n) is 9.02. The zero-order valence-corrected chi connectivity index (χ0v) is 16.2. The highest BCUT2D eigenvalue weighted by atomic mass is 16.5. The van der Waals surface area contributed by atoms with Crippen molar-refractivity contribution in [2.75, 3.05) is 6.61 Å². The summed E-state index contributed by atoms with van der Waals surface area (Å²) in [4.78, 5) is 12.5. The number of fused-ring (bicyclic) bond motifs is 1. The van der Waals surface area contributed by atoms with Crippen molar-refractivity contribution in [1.29, 1.82) is 0 Å². The zero-order valence-electron chi connectivity index (χ0n) is 16.2. The lowest BCUT2D eigenvalue weighted by Crippen LogP contribution is -2.42. The minimum absolute atomic E-state index is 0.00286. The highest BCUT2D eigenvalue weighted by molar-refractivity contribution is 5.78. The van der Waals surface area contributed by atoms with Crippen molar-refractivity contribution in [3.63, 3.8) is 0 Å². The van der Waals surface area contributed by atoms with Gasteiger partial charge in [0.25, 0.3) is 5.91 Å². The molecule has 4 heteroatoms. The van der Waals surface area contributed by atoms with E-state index < -0.39 is 0 Å². The number of amides is 1. The molecule has 0 radical (unpaired) electrons. The minimum Gasteiger partial charge on any atom is -0.487 e. The molecule has 1 atom stereocenters. The fourth-order valence-corrected chi connectivity index (χ4v) is 3.43. The van der Waals surface area contributed by atoms with Crippen LogP contribution >= 0.6 is 0 Å². The molecule has 1 N–H and O–H groups in total. The van der Waals surface area contributed by atoms with Crippen LogP contribution in [0.3, 0.4) is 0 Å². The summed E-state index contributed by atoms with van der Waals surface area (Å²) in [6.07, 6.45) is 0.721. The van der Waals surface area contributed by atoms with E-state index in [1.807, 2.05) is 71.0 Å². The van der Waals surface area contributed by atoms with Gasteiger partial charge in [-0.05, 0) is 57.9 Å². The summed E-state index contributed by atoms with van der Waals surface area (Å²) in [6, 6.07) is 12.0. The molecule has 0 aliphatic carbocycles. The maximum atomic E-state index is 12.5. The molecule has 2 aromatic rings. The Bertz CT molecular complexity index is 826. The summed E-state index contributed by atoms with van der Waals surface area (Å²) < 4.78 is 11.8. The third-order valence-corrected chi connectivity index (χ3v) is 4.65. The Morgan fingerprint density at radius 2 is 1.85 bits per heavy atom. The van der Waals surface area contributed by atoms with Gasteiger partial charge in [-0.3, -0.25) is 4.79 Å². The molecule has 1 aliphatic rings. The molecule has 1 aliphatic heterocycles. The van der Waals surface area contributed by atoms with Crippen molar-refractivity contribution in [2.24, 2.45) is 0 Å². The number of carbonyl (C=O) groups excluding carboxylic acids is 1. The Kier molecular flexibility index (Phi) is 4.94. The van der Waals surface area contributed by atoms with Crippen molar-refractivity contribution in [3.05, 3.63) is 58.7 Å². The van der Waals surface area contributed by atoms with Gasteiger partial charge in [0.1, 0.15) is 17.1 Å². The quantitative estimate of drug-likeness (QED) is 0.886. The molecule has 26 heavy (non-hydrogen) atoms. The second-order valence-corrected chi connectivity index (χ2v) is 7.78. The van der Waals surface area contributed by atoms with Crippen molar-refractivity contribution in [3.8, 4) is 11.5 Å². The van der Waals surface area contributed by atoms with Gasteiger partial charge >= 0.3 is 0 Å². The van der Waals surface area contributed by atoms with Gasteiger partial charge in [0.15, 0.2) is 6.61 Å². The second-order valence-electron chi connectivity index (χ2n) is 7.78. The number of nitrogens with one attached hydrogen (secondary N) is 1. The Balaban J connectivity index is 1.69. The van der Waals surface area contributed by atoms with Crippen molar-refractivity contribution in [1.82, 2.24) is 5.32 Å². The summed E-state index contributed by atoms with van der Waals surface area (Å²) in [6.45, 7) is 10.2. The molecule has 3 rings (SSSR count). The second kappa shape index (κ2) is 7.02. The largest absolute Gasteiger partial charge is 0.487 e. The monoisotopic (exact) mass is 353 g/mol. The minimum atomic E-state index is -0.326. The molecule has 0 unspecified atom stereocenters. The molecule has 2 aromatic carbocycles. The summed E-state index contributed by atoms with van der Waals surface area (Å²) in [7, 11) is 0. The lowest BCUT2D eigenvalue weighted by molar-refractivity contribution is -0.124. The molecule has 0 saturated heterocycles. The molecule has 0 bridgehead atoms. The number of hydrogen-bond acceptors (Lipinski definition) is 3. The first-order valence-corrected chi connectivity index (χ1v) is 9.02. The highest BCUT2D eigenvalue weighted by Gasteiger charge is 2.34. The first kappa shape index (κ1) is 18.3. The van der Waals surface area contributed by atoms with Crippen LogP contribution in [-0.2, 0) is 4.79 Å². The summed E-state index contributed by atoms with van der Waals surface area (Å²) >= 11 is 0. The van der Waals surface area contributed by atoms with E-state index in [2.05, 4.69) is 5.32 Å². The summed E-state index contributed by atoms with van der Waals surface area (Å²) in [5.41, 5.74) is 4.05. The smallest absolute Gasteiger partial charge is 0.258 e. The van der Waals surface area contributed by atoms with Crippen LogP contribution in [0.2, 0.25) is 0 Å². The fraction of sp³-hybridized carbons (Fsp3) is 0.409. The third-order valence-electron chi connectivity index (χ3n) is 4.65. The lowest BCUT2D eigenvalue weighted by atomic mass is 9.89. The molecular formula is C22H27NO3. The van der Waals surface area contributed by atoms with E-state index in [0.29, 0.717) is 0 Å². The van der Waals surface area contributed by atoms with Gasteiger partial charge in [-0.1, -0.05) is 29.8 Å². The van der Waals surface area contributed by atoms with E-state index in [1.165, 1.54) is 5.56 Å². The standard InChI is InChI=1S/C22H27NO3/c1-14-7-9-19(16(3)10-14)25-13-21(24)23-18-12-22(4,5)26-20-11-15(2)6-8-17(18)20/h6-11,18H,12-13H2,1-5H3,(H,23,24)/t18-/m1/s1. The fourth-order valence-electron chi connectivity index (χ4n) is 3.43. The van der Waals surface area contributed by atoms with Gasteiger partial charge in [0.05, 0.1) is 6.04 Å². The normalized spacial score (nSPS) is 17.8. The van der Waals surface area contributed by atoms with E-state index in [9.17, 15) is 4.79 Å². The van der Waals surface area contributed by atoms with Gasteiger partial charge in [0.2, 0.25) is 0 Å². The van der Waals surface area contributed by atoms with E-state index >= 15 is 0 Å². The van der Waals surface area contributed by atoms with Gasteiger partial charge in [0, 0.05) is 12.0 Å². The maximum absolute atomic E-state index is 12.5. The van der Waals surface area contributed by atoms with Crippen LogP contribution in [0.25, 0.3) is 0 Å². The molecular weight excluding hydrogens is 326 g/mol. The Morgan fingerprint density at radius 1 is 1.15 bits per heavy atom. The molecule has 1 amide bonds. The van der Waals surface area contributed by atoms with Crippen LogP contribution in [0.1, 0.15) is 48.6 Å². The average Bonchev–Trinajstić information content (AvgIpc) is 2.52. The van der Waals surface area contributed by atoms with Crippen LogP contribution in [-0.4, -0.2) is 18.1 Å². The SMILES string of the molecule is Cc1ccc(OCC(=O)N[C@@H]2CC(C)(C)Oc3cc(C)ccc32)c(C)c1. The van der Waals surface area contributed by atoms with Crippen molar-refractivity contribution < 1.29 is 14.3 Å². The van der Waals surface area contributed by atoms with Crippen molar-refractivity contribution >= 4 is 5.91 Å². The van der Waals surface area contributed by atoms with E-state index in [1.54, 1.807) is 0 Å². The number of hydrogen-bond donors (Lipinski definition) is 1. The molecule has 0 aromatic heterocycles. The highest BCUT2D eigenvalue weighted by Crippen LogP contribution is 2.39. The Labute approximate surface area is 155 Å².